The summed E-state index contributed by atoms with van der Waals surface area (Å²) in [5, 5.41) is 0.859. The maximum atomic E-state index is 5.79. The van der Waals surface area contributed by atoms with Gasteiger partial charge in [0.05, 0.1) is 6.61 Å². The summed E-state index contributed by atoms with van der Waals surface area (Å²) >= 11 is 5.42. The van der Waals surface area contributed by atoms with E-state index < -0.39 is 0 Å². The average Bonchev–Trinajstić information content (AvgIpc) is 2.86. The lowest BCUT2D eigenvalue weighted by atomic mass is 10.0. The molecule has 0 aliphatic rings. The third kappa shape index (κ3) is 31.9. The zero-order chi connectivity index (χ0) is 25.5. The Balaban J connectivity index is 3.13. The first-order valence-corrected chi connectivity index (χ1v) is 16.9. The van der Waals surface area contributed by atoms with Crippen LogP contribution in [0.5, 0.6) is 0 Å². The van der Waals surface area contributed by atoms with Gasteiger partial charge in [0.25, 0.3) is 0 Å². The van der Waals surface area contributed by atoms with Crippen LogP contribution >= 0.6 is 12.2 Å². The second-order valence-corrected chi connectivity index (χ2v) is 11.6. The van der Waals surface area contributed by atoms with Gasteiger partial charge < -0.3 is 4.74 Å². The summed E-state index contributed by atoms with van der Waals surface area (Å²) in [5.74, 6) is 0. The molecule has 0 spiro atoms. The van der Waals surface area contributed by atoms with Gasteiger partial charge in [-0.25, -0.2) is 0 Å². The van der Waals surface area contributed by atoms with Gasteiger partial charge in [0.1, 0.15) is 0 Å². The zero-order valence-corrected chi connectivity index (χ0v) is 25.3. The quantitative estimate of drug-likeness (QED) is 0.0701. The van der Waals surface area contributed by atoms with Crippen LogP contribution in [0.3, 0.4) is 0 Å². The molecule has 2 heteroatoms. The number of hydrogen-bond donors (Lipinski definition) is 0. The summed E-state index contributed by atoms with van der Waals surface area (Å²) in [5.41, 5.74) is 0. The molecule has 0 aliphatic carbocycles. The molecular weight excluding hydrogens is 444 g/mol. The van der Waals surface area contributed by atoms with Crippen LogP contribution in [0.1, 0.15) is 200 Å². The number of unbranched alkanes of at least 4 members (excludes halogenated alkanes) is 26. The predicted molar refractivity (Wildman–Crippen MR) is 164 cm³/mol. The highest BCUT2D eigenvalue weighted by Gasteiger charge is 2.00. The molecule has 0 fully saturated rings. The third-order valence-corrected chi connectivity index (χ3v) is 7.82. The van der Waals surface area contributed by atoms with Crippen molar-refractivity contribution in [3.05, 3.63) is 0 Å². The summed E-state index contributed by atoms with van der Waals surface area (Å²) in [6.45, 7) is 5.43. The number of thiocarbonyl (C=S) groups is 1. The van der Waals surface area contributed by atoms with Crippen molar-refractivity contribution in [3.63, 3.8) is 0 Å². The van der Waals surface area contributed by atoms with Gasteiger partial charge >= 0.3 is 0 Å². The van der Waals surface area contributed by atoms with Crippen molar-refractivity contribution in [2.75, 3.05) is 6.61 Å². The van der Waals surface area contributed by atoms with Gasteiger partial charge in [-0.15, -0.1) is 0 Å². The molecule has 1 nitrogen and oxygen atoms in total. The number of rotatable bonds is 30. The highest BCUT2D eigenvalue weighted by atomic mass is 32.1. The van der Waals surface area contributed by atoms with E-state index in [-0.39, 0.29) is 0 Å². The van der Waals surface area contributed by atoms with Gasteiger partial charge in [-0.2, -0.15) is 0 Å². The molecule has 0 atom stereocenters. The van der Waals surface area contributed by atoms with E-state index >= 15 is 0 Å². The molecule has 35 heavy (non-hydrogen) atoms. The fourth-order valence-corrected chi connectivity index (χ4v) is 5.25. The van der Waals surface area contributed by atoms with Crippen LogP contribution in [-0.2, 0) is 4.74 Å². The fraction of sp³-hybridized carbons (Fsp3) is 0.970. The van der Waals surface area contributed by atoms with Gasteiger partial charge in [-0.3, -0.25) is 0 Å². The van der Waals surface area contributed by atoms with Gasteiger partial charge in [0.15, 0.2) is 5.05 Å². The van der Waals surface area contributed by atoms with E-state index in [1.165, 1.54) is 180 Å². The second-order valence-electron chi connectivity index (χ2n) is 11.2. The Bertz CT molecular complexity index is 395. The van der Waals surface area contributed by atoms with E-state index in [2.05, 4.69) is 13.8 Å². The Morgan fingerprint density at radius 2 is 0.629 bits per heavy atom. The standard InChI is InChI=1S/C33H66OS/c1-3-5-7-9-11-13-15-17-18-19-20-22-24-26-28-30-32-34-33(35)31-29-27-25-23-21-16-14-12-10-8-6-4-2/h3-32H2,1-2H3. The summed E-state index contributed by atoms with van der Waals surface area (Å²) < 4.78 is 5.79. The minimum atomic E-state index is 0.843. The smallest absolute Gasteiger partial charge is 0.159 e. The molecular formula is C33H66OS. The normalized spacial score (nSPS) is 11.3. The molecule has 0 radical (unpaired) electrons. The van der Waals surface area contributed by atoms with Gasteiger partial charge in [0.2, 0.25) is 0 Å². The molecule has 0 aromatic heterocycles. The molecule has 210 valence electrons. The molecule has 0 aromatic rings. The molecule has 0 amide bonds. The van der Waals surface area contributed by atoms with Crippen LogP contribution in [0, 0.1) is 0 Å². The van der Waals surface area contributed by atoms with Gasteiger partial charge in [-0.05, 0) is 25.1 Å². The van der Waals surface area contributed by atoms with Crippen LogP contribution in [0.15, 0.2) is 0 Å². The van der Waals surface area contributed by atoms with Crippen molar-refractivity contribution >= 4 is 17.3 Å². The summed E-state index contributed by atoms with van der Waals surface area (Å²) in [6.07, 6.45) is 40.3. The first kappa shape index (κ1) is 34.9. The highest BCUT2D eigenvalue weighted by molar-refractivity contribution is 7.80. The largest absolute Gasteiger partial charge is 0.487 e. The minimum Gasteiger partial charge on any atom is -0.487 e. The topological polar surface area (TPSA) is 9.23 Å². The lowest BCUT2D eigenvalue weighted by Crippen LogP contribution is -2.03. The molecule has 0 saturated heterocycles. The molecule has 0 aromatic carbocycles. The van der Waals surface area contributed by atoms with Crippen molar-refractivity contribution in [3.8, 4) is 0 Å². The minimum absolute atomic E-state index is 0.843. The molecule has 0 rings (SSSR count). The molecule has 0 saturated carbocycles. The van der Waals surface area contributed by atoms with Crippen LogP contribution < -0.4 is 0 Å². The lowest BCUT2D eigenvalue weighted by molar-refractivity contribution is 0.290. The zero-order valence-electron chi connectivity index (χ0n) is 24.5. The summed E-state index contributed by atoms with van der Waals surface area (Å²) in [7, 11) is 0. The van der Waals surface area contributed by atoms with Crippen LogP contribution in [0.4, 0.5) is 0 Å². The van der Waals surface area contributed by atoms with Gasteiger partial charge in [-0.1, -0.05) is 181 Å². The van der Waals surface area contributed by atoms with E-state index in [4.69, 9.17) is 17.0 Å². The number of ether oxygens (including phenoxy) is 1. The van der Waals surface area contributed by atoms with Crippen molar-refractivity contribution in [2.24, 2.45) is 0 Å². The Hall–Kier alpha value is -0.110. The van der Waals surface area contributed by atoms with E-state index in [1.807, 2.05) is 0 Å². The van der Waals surface area contributed by atoms with Crippen LogP contribution in [0.2, 0.25) is 0 Å². The Morgan fingerprint density at radius 3 is 0.943 bits per heavy atom. The molecule has 0 bridgehead atoms. The monoisotopic (exact) mass is 510 g/mol. The molecule has 0 aliphatic heterocycles. The predicted octanol–water partition coefficient (Wildman–Crippen LogP) is 12.7. The van der Waals surface area contributed by atoms with E-state index in [0.29, 0.717) is 0 Å². The van der Waals surface area contributed by atoms with Crippen molar-refractivity contribution in [1.29, 1.82) is 0 Å². The Morgan fingerprint density at radius 1 is 0.371 bits per heavy atom. The SMILES string of the molecule is CCCCCCCCCCCCCCCCCCOC(=S)CCCCCCCCCCCCCC. The van der Waals surface area contributed by atoms with E-state index in [1.54, 1.807) is 0 Å². The van der Waals surface area contributed by atoms with Crippen molar-refractivity contribution < 1.29 is 4.74 Å². The van der Waals surface area contributed by atoms with Crippen LogP contribution in [0.25, 0.3) is 0 Å². The second kappa shape index (κ2) is 31.9. The molecule has 0 heterocycles. The highest BCUT2D eigenvalue weighted by Crippen LogP contribution is 2.15. The molecule has 0 unspecified atom stereocenters. The Labute approximate surface area is 228 Å². The van der Waals surface area contributed by atoms with Crippen LogP contribution in [-0.4, -0.2) is 11.7 Å². The Kier molecular flexibility index (Phi) is 31.8. The van der Waals surface area contributed by atoms with Gasteiger partial charge in [0, 0.05) is 6.42 Å². The first-order chi connectivity index (χ1) is 17.3. The first-order valence-electron chi connectivity index (χ1n) is 16.5. The fourth-order valence-electron chi connectivity index (χ4n) is 5.02. The molecule has 0 N–H and O–H groups in total. The summed E-state index contributed by atoms with van der Waals surface area (Å²) in [4.78, 5) is 0. The van der Waals surface area contributed by atoms with E-state index in [9.17, 15) is 0 Å². The van der Waals surface area contributed by atoms with Crippen molar-refractivity contribution in [1.82, 2.24) is 0 Å². The number of hydrogen-bond acceptors (Lipinski definition) is 2. The van der Waals surface area contributed by atoms with E-state index in [0.717, 1.165) is 18.1 Å². The lowest BCUT2D eigenvalue weighted by Gasteiger charge is -2.08. The third-order valence-electron chi connectivity index (χ3n) is 7.50. The summed E-state index contributed by atoms with van der Waals surface area (Å²) in [6, 6.07) is 0. The maximum absolute atomic E-state index is 5.79. The van der Waals surface area contributed by atoms with Crippen molar-refractivity contribution in [2.45, 2.75) is 200 Å². The maximum Gasteiger partial charge on any atom is 0.159 e. The average molecular weight is 511 g/mol.